The van der Waals surface area contributed by atoms with Gasteiger partial charge >= 0.3 is 5.97 Å². The Kier molecular flexibility index (Phi) is 5.99. The lowest BCUT2D eigenvalue weighted by Gasteiger charge is -2.08. The second-order valence-corrected chi connectivity index (χ2v) is 5.92. The molecule has 0 aliphatic heterocycles. The van der Waals surface area contributed by atoms with Crippen LogP contribution in [0.4, 0.5) is 11.5 Å². The summed E-state index contributed by atoms with van der Waals surface area (Å²) in [4.78, 5) is 20.3. The highest BCUT2D eigenvalue weighted by Crippen LogP contribution is 2.20. The molecule has 0 atom stereocenters. The molecule has 0 spiro atoms. The Morgan fingerprint density at radius 2 is 1.70 bits per heavy atom. The molecule has 1 N–H and O–H groups in total. The second-order valence-electron chi connectivity index (χ2n) is 5.92. The summed E-state index contributed by atoms with van der Waals surface area (Å²) in [5, 5.41) is 3.18. The summed E-state index contributed by atoms with van der Waals surface area (Å²) < 4.78 is 10.8. The third-order valence-corrected chi connectivity index (χ3v) is 3.75. The van der Waals surface area contributed by atoms with E-state index in [1.165, 1.54) is 6.33 Å². The van der Waals surface area contributed by atoms with E-state index in [0.29, 0.717) is 18.2 Å². The molecule has 1 aromatic heterocycles. The van der Waals surface area contributed by atoms with Crippen LogP contribution in [-0.2, 0) is 11.2 Å². The van der Waals surface area contributed by atoms with Crippen molar-refractivity contribution in [2.24, 2.45) is 0 Å². The number of aromatic nitrogens is 2. The first-order valence-electron chi connectivity index (χ1n) is 8.70. The number of carbonyl (C=O) groups excluding carboxylic acids is 1. The fourth-order valence-corrected chi connectivity index (χ4v) is 2.48. The highest BCUT2D eigenvalue weighted by atomic mass is 16.5. The SMILES string of the molecule is CCOc1ccc(CC(=O)Oc2ccc(Nc3cc(C)ncn3)cc2)cc1. The Labute approximate surface area is 158 Å². The van der Waals surface area contributed by atoms with Crippen LogP contribution < -0.4 is 14.8 Å². The van der Waals surface area contributed by atoms with E-state index >= 15 is 0 Å². The summed E-state index contributed by atoms with van der Waals surface area (Å²) in [5.41, 5.74) is 2.60. The van der Waals surface area contributed by atoms with Gasteiger partial charge in [0.2, 0.25) is 0 Å². The molecule has 2 aromatic carbocycles. The van der Waals surface area contributed by atoms with Gasteiger partial charge in [0.25, 0.3) is 0 Å². The second kappa shape index (κ2) is 8.80. The molecule has 0 bridgehead atoms. The molecule has 0 unspecified atom stereocenters. The number of hydrogen-bond donors (Lipinski definition) is 1. The van der Waals surface area contributed by atoms with Gasteiger partial charge in [-0.2, -0.15) is 0 Å². The van der Waals surface area contributed by atoms with Gasteiger partial charge in [-0.25, -0.2) is 9.97 Å². The number of carbonyl (C=O) groups is 1. The molecule has 0 radical (unpaired) electrons. The third kappa shape index (κ3) is 5.54. The number of benzene rings is 2. The highest BCUT2D eigenvalue weighted by molar-refractivity contribution is 5.75. The van der Waals surface area contributed by atoms with Crippen LogP contribution >= 0.6 is 0 Å². The smallest absolute Gasteiger partial charge is 0.315 e. The van der Waals surface area contributed by atoms with E-state index in [4.69, 9.17) is 9.47 Å². The lowest BCUT2D eigenvalue weighted by Crippen LogP contribution is -2.11. The van der Waals surface area contributed by atoms with Crippen molar-refractivity contribution in [3.63, 3.8) is 0 Å². The maximum Gasteiger partial charge on any atom is 0.315 e. The van der Waals surface area contributed by atoms with Gasteiger partial charge in [-0.05, 0) is 55.8 Å². The summed E-state index contributed by atoms with van der Waals surface area (Å²) in [6, 6.07) is 16.4. The minimum absolute atomic E-state index is 0.201. The van der Waals surface area contributed by atoms with E-state index in [2.05, 4.69) is 15.3 Å². The van der Waals surface area contributed by atoms with E-state index in [1.54, 1.807) is 12.1 Å². The van der Waals surface area contributed by atoms with Crippen LogP contribution in [0.2, 0.25) is 0 Å². The van der Waals surface area contributed by atoms with Crippen LogP contribution in [0.15, 0.2) is 60.9 Å². The van der Waals surface area contributed by atoms with E-state index in [-0.39, 0.29) is 12.4 Å². The Bertz CT molecular complexity index is 893. The predicted octanol–water partition coefficient (Wildman–Crippen LogP) is 4.08. The Hall–Kier alpha value is -3.41. The number of hydrogen-bond acceptors (Lipinski definition) is 6. The van der Waals surface area contributed by atoms with Gasteiger partial charge in [0, 0.05) is 17.4 Å². The molecule has 6 nitrogen and oxygen atoms in total. The van der Waals surface area contributed by atoms with Crippen LogP contribution in [0.25, 0.3) is 0 Å². The number of aryl methyl sites for hydroxylation is 1. The fraction of sp³-hybridized carbons (Fsp3) is 0.190. The summed E-state index contributed by atoms with van der Waals surface area (Å²) in [6.07, 6.45) is 1.71. The molecule has 0 saturated carbocycles. The molecular weight excluding hydrogens is 342 g/mol. The zero-order valence-electron chi connectivity index (χ0n) is 15.3. The lowest BCUT2D eigenvalue weighted by atomic mass is 10.1. The Balaban J connectivity index is 1.55. The average molecular weight is 363 g/mol. The topological polar surface area (TPSA) is 73.3 Å². The number of ether oxygens (including phenoxy) is 2. The van der Waals surface area contributed by atoms with Crippen LogP contribution in [0, 0.1) is 6.92 Å². The Morgan fingerprint density at radius 1 is 1.00 bits per heavy atom. The molecule has 3 rings (SSSR count). The van der Waals surface area contributed by atoms with Gasteiger partial charge in [-0.1, -0.05) is 12.1 Å². The molecule has 0 aliphatic rings. The van der Waals surface area contributed by atoms with Gasteiger partial charge in [-0.15, -0.1) is 0 Å². The minimum atomic E-state index is -0.314. The predicted molar refractivity (Wildman–Crippen MR) is 103 cm³/mol. The summed E-state index contributed by atoms with van der Waals surface area (Å²) in [6.45, 7) is 4.45. The first-order valence-corrected chi connectivity index (χ1v) is 8.70. The molecule has 0 amide bonds. The maximum atomic E-state index is 12.1. The lowest BCUT2D eigenvalue weighted by molar-refractivity contribution is -0.133. The molecule has 27 heavy (non-hydrogen) atoms. The van der Waals surface area contributed by atoms with Crippen LogP contribution in [0.5, 0.6) is 11.5 Å². The monoisotopic (exact) mass is 363 g/mol. The van der Waals surface area contributed by atoms with E-state index in [9.17, 15) is 4.79 Å². The van der Waals surface area contributed by atoms with Crippen LogP contribution in [0.1, 0.15) is 18.2 Å². The standard InChI is InChI=1S/C21H21N3O3/c1-3-26-18-8-4-16(5-9-18)13-21(25)27-19-10-6-17(7-11-19)24-20-12-15(2)22-14-23-20/h4-12,14H,3,13H2,1-2H3,(H,22,23,24). The van der Waals surface area contributed by atoms with Crippen molar-refractivity contribution in [2.75, 3.05) is 11.9 Å². The molecule has 0 fully saturated rings. The fourth-order valence-electron chi connectivity index (χ4n) is 2.48. The van der Waals surface area contributed by atoms with Crippen molar-refractivity contribution in [2.45, 2.75) is 20.3 Å². The zero-order valence-corrected chi connectivity index (χ0v) is 15.3. The van der Waals surface area contributed by atoms with Crippen molar-refractivity contribution in [3.8, 4) is 11.5 Å². The van der Waals surface area contributed by atoms with Crippen molar-refractivity contribution >= 4 is 17.5 Å². The third-order valence-electron chi connectivity index (χ3n) is 3.75. The molecule has 6 heteroatoms. The van der Waals surface area contributed by atoms with Gasteiger partial charge in [0.1, 0.15) is 23.6 Å². The molecule has 1 heterocycles. The Morgan fingerprint density at radius 3 is 2.37 bits per heavy atom. The van der Waals surface area contributed by atoms with E-state index < -0.39 is 0 Å². The van der Waals surface area contributed by atoms with Gasteiger partial charge in [0.05, 0.1) is 13.0 Å². The first-order chi connectivity index (χ1) is 13.1. The van der Waals surface area contributed by atoms with Gasteiger partial charge in [-0.3, -0.25) is 4.79 Å². The molecule has 138 valence electrons. The molecule has 0 saturated heterocycles. The zero-order chi connectivity index (χ0) is 19.1. The molecular formula is C21H21N3O3. The number of anilines is 2. The quantitative estimate of drug-likeness (QED) is 0.504. The van der Waals surface area contributed by atoms with Crippen molar-refractivity contribution in [3.05, 3.63) is 72.2 Å². The highest BCUT2D eigenvalue weighted by Gasteiger charge is 2.07. The molecule has 3 aromatic rings. The number of rotatable bonds is 7. The summed E-state index contributed by atoms with van der Waals surface area (Å²) in [7, 11) is 0. The van der Waals surface area contributed by atoms with E-state index in [1.807, 2.05) is 56.3 Å². The van der Waals surface area contributed by atoms with Gasteiger partial charge in [0.15, 0.2) is 0 Å². The van der Waals surface area contributed by atoms with Crippen molar-refractivity contribution < 1.29 is 14.3 Å². The largest absolute Gasteiger partial charge is 0.494 e. The first kappa shape index (κ1) is 18.4. The number of esters is 1. The van der Waals surface area contributed by atoms with E-state index in [0.717, 1.165) is 22.7 Å². The van der Waals surface area contributed by atoms with Crippen molar-refractivity contribution in [1.29, 1.82) is 0 Å². The molecule has 0 aliphatic carbocycles. The van der Waals surface area contributed by atoms with Crippen LogP contribution in [-0.4, -0.2) is 22.5 Å². The summed E-state index contributed by atoms with van der Waals surface area (Å²) >= 11 is 0. The van der Waals surface area contributed by atoms with Crippen LogP contribution in [0.3, 0.4) is 0 Å². The van der Waals surface area contributed by atoms with Crippen molar-refractivity contribution in [1.82, 2.24) is 9.97 Å². The number of nitrogens with one attached hydrogen (secondary N) is 1. The normalized spacial score (nSPS) is 10.3. The average Bonchev–Trinajstić information content (AvgIpc) is 2.65. The van der Waals surface area contributed by atoms with Gasteiger partial charge < -0.3 is 14.8 Å². The maximum absolute atomic E-state index is 12.1. The summed E-state index contributed by atoms with van der Waals surface area (Å²) in [5.74, 6) is 1.68. The minimum Gasteiger partial charge on any atom is -0.494 e. The number of nitrogens with zero attached hydrogens (tertiary/aromatic N) is 2.